The molecular formula is C8H13N3O4S. The van der Waals surface area contributed by atoms with E-state index < -0.39 is 16.0 Å². The predicted octanol–water partition coefficient (Wildman–Crippen LogP) is 0.0229. The van der Waals surface area contributed by atoms with Gasteiger partial charge >= 0.3 is 5.97 Å². The molecular weight excluding hydrogens is 234 g/mol. The van der Waals surface area contributed by atoms with Crippen LogP contribution in [0.2, 0.25) is 0 Å². The topological polar surface area (TPSA) is 101 Å². The summed E-state index contributed by atoms with van der Waals surface area (Å²) < 4.78 is 29.5. The number of sulfonamides is 1. The highest BCUT2D eigenvalue weighted by molar-refractivity contribution is 7.92. The third-order valence-electron chi connectivity index (χ3n) is 1.77. The van der Waals surface area contributed by atoms with Gasteiger partial charge in [-0.15, -0.1) is 0 Å². The largest absolute Gasteiger partial charge is 0.469 e. The van der Waals surface area contributed by atoms with Gasteiger partial charge in [-0.1, -0.05) is 0 Å². The van der Waals surface area contributed by atoms with Crippen LogP contribution in [0.3, 0.4) is 0 Å². The van der Waals surface area contributed by atoms with Crippen molar-refractivity contribution in [2.24, 2.45) is 0 Å². The smallest absolute Gasteiger partial charge is 0.306 e. The summed E-state index contributed by atoms with van der Waals surface area (Å²) in [6, 6.07) is 1.55. The van der Waals surface area contributed by atoms with E-state index in [-0.39, 0.29) is 18.0 Å². The number of anilines is 1. The quantitative estimate of drug-likeness (QED) is 0.714. The van der Waals surface area contributed by atoms with Gasteiger partial charge in [0.05, 0.1) is 19.3 Å². The number of methoxy groups -OCH3 is 1. The first-order chi connectivity index (χ1) is 7.43. The van der Waals surface area contributed by atoms with Crippen LogP contribution in [0.25, 0.3) is 0 Å². The van der Waals surface area contributed by atoms with Gasteiger partial charge in [-0.3, -0.25) is 14.6 Å². The zero-order chi connectivity index (χ0) is 12.2. The van der Waals surface area contributed by atoms with Crippen LogP contribution in [0.1, 0.15) is 12.1 Å². The Labute approximate surface area is 93.2 Å². The summed E-state index contributed by atoms with van der Waals surface area (Å²) in [5, 5.41) is 6.32. The van der Waals surface area contributed by atoms with E-state index in [1.165, 1.54) is 7.11 Å². The maximum absolute atomic E-state index is 11.5. The third kappa shape index (κ3) is 3.89. The monoisotopic (exact) mass is 247 g/mol. The highest BCUT2D eigenvalue weighted by atomic mass is 32.2. The van der Waals surface area contributed by atoms with Crippen molar-refractivity contribution >= 4 is 21.8 Å². The van der Waals surface area contributed by atoms with Crippen LogP contribution < -0.4 is 4.72 Å². The van der Waals surface area contributed by atoms with E-state index in [1.54, 1.807) is 13.0 Å². The summed E-state index contributed by atoms with van der Waals surface area (Å²) in [6.07, 6.45) is -0.185. The number of ether oxygens (including phenoxy) is 1. The number of aromatic nitrogens is 2. The van der Waals surface area contributed by atoms with Crippen molar-refractivity contribution in [3.63, 3.8) is 0 Å². The van der Waals surface area contributed by atoms with Crippen LogP contribution in [0.5, 0.6) is 0 Å². The number of H-pyrrole nitrogens is 1. The second kappa shape index (κ2) is 4.97. The van der Waals surface area contributed by atoms with Crippen LogP contribution in [0.4, 0.5) is 5.82 Å². The minimum atomic E-state index is -3.56. The molecule has 0 aromatic carbocycles. The van der Waals surface area contributed by atoms with E-state index in [2.05, 4.69) is 19.7 Å². The first-order valence-corrected chi connectivity index (χ1v) is 6.17. The number of aromatic amines is 1. The normalized spacial score (nSPS) is 11.1. The van der Waals surface area contributed by atoms with Crippen molar-refractivity contribution < 1.29 is 17.9 Å². The molecule has 1 rings (SSSR count). The highest BCUT2D eigenvalue weighted by Crippen LogP contribution is 2.07. The number of hydrogen-bond donors (Lipinski definition) is 2. The molecule has 0 fully saturated rings. The van der Waals surface area contributed by atoms with Crippen molar-refractivity contribution in [1.29, 1.82) is 0 Å². The molecule has 0 amide bonds. The second-order valence-corrected chi connectivity index (χ2v) is 5.03. The Hall–Kier alpha value is -1.57. The van der Waals surface area contributed by atoms with Crippen LogP contribution >= 0.6 is 0 Å². The number of rotatable bonds is 5. The third-order valence-corrected chi connectivity index (χ3v) is 3.03. The number of esters is 1. The summed E-state index contributed by atoms with van der Waals surface area (Å²) >= 11 is 0. The number of carbonyl (C=O) groups excluding carboxylic acids is 1. The summed E-state index contributed by atoms with van der Waals surface area (Å²) in [5.41, 5.74) is 0.741. The first-order valence-electron chi connectivity index (χ1n) is 4.52. The Morgan fingerprint density at radius 1 is 1.62 bits per heavy atom. The summed E-state index contributed by atoms with van der Waals surface area (Å²) in [7, 11) is -2.35. The Morgan fingerprint density at radius 2 is 2.31 bits per heavy atom. The SMILES string of the molecule is COC(=O)CCS(=O)(=O)Nc1cc(C)[nH]n1. The Kier molecular flexibility index (Phi) is 3.88. The zero-order valence-corrected chi connectivity index (χ0v) is 9.80. The van der Waals surface area contributed by atoms with E-state index in [4.69, 9.17) is 0 Å². The molecule has 16 heavy (non-hydrogen) atoms. The fraction of sp³-hybridized carbons (Fsp3) is 0.500. The average molecular weight is 247 g/mol. The van der Waals surface area contributed by atoms with Gasteiger partial charge < -0.3 is 4.74 Å². The molecule has 7 nitrogen and oxygen atoms in total. The lowest BCUT2D eigenvalue weighted by Gasteiger charge is -2.03. The van der Waals surface area contributed by atoms with Crippen molar-refractivity contribution in [2.75, 3.05) is 17.6 Å². The molecule has 0 aliphatic heterocycles. The first kappa shape index (κ1) is 12.5. The van der Waals surface area contributed by atoms with Gasteiger partial charge in [0, 0.05) is 11.8 Å². The van der Waals surface area contributed by atoms with Crippen molar-refractivity contribution in [2.45, 2.75) is 13.3 Å². The maximum Gasteiger partial charge on any atom is 0.306 e. The van der Waals surface area contributed by atoms with Crippen molar-refractivity contribution in [3.05, 3.63) is 11.8 Å². The molecule has 0 spiro atoms. The number of nitrogens with zero attached hydrogens (tertiary/aromatic N) is 1. The predicted molar refractivity (Wildman–Crippen MR) is 57.4 cm³/mol. The number of aryl methyl sites for hydroxylation is 1. The van der Waals surface area contributed by atoms with Gasteiger partial charge in [0.2, 0.25) is 10.0 Å². The summed E-state index contributed by atoms with van der Waals surface area (Å²) in [4.78, 5) is 10.8. The molecule has 90 valence electrons. The molecule has 0 atom stereocenters. The van der Waals surface area contributed by atoms with Crippen LogP contribution in [0, 0.1) is 6.92 Å². The summed E-state index contributed by atoms with van der Waals surface area (Å²) in [6.45, 7) is 1.75. The Bertz CT molecular complexity index is 465. The second-order valence-electron chi connectivity index (χ2n) is 3.18. The molecule has 0 unspecified atom stereocenters. The van der Waals surface area contributed by atoms with E-state index >= 15 is 0 Å². The van der Waals surface area contributed by atoms with Crippen LogP contribution in [-0.2, 0) is 19.6 Å². The van der Waals surface area contributed by atoms with Gasteiger partial charge in [0.25, 0.3) is 0 Å². The van der Waals surface area contributed by atoms with E-state index in [0.717, 1.165) is 5.69 Å². The molecule has 0 radical (unpaired) electrons. The van der Waals surface area contributed by atoms with Gasteiger partial charge in [0.15, 0.2) is 5.82 Å². The van der Waals surface area contributed by atoms with E-state index in [1.807, 2.05) is 0 Å². The minimum absolute atomic E-state index is 0.185. The van der Waals surface area contributed by atoms with Gasteiger partial charge in [-0.05, 0) is 6.92 Å². The van der Waals surface area contributed by atoms with Crippen LogP contribution in [-0.4, -0.2) is 37.4 Å². The fourth-order valence-corrected chi connectivity index (χ4v) is 1.96. The number of nitrogens with one attached hydrogen (secondary N) is 2. The lowest BCUT2D eigenvalue weighted by Crippen LogP contribution is -2.19. The number of carbonyl (C=O) groups is 1. The molecule has 0 aliphatic carbocycles. The van der Waals surface area contributed by atoms with Crippen LogP contribution in [0.15, 0.2) is 6.07 Å². The molecule has 2 N–H and O–H groups in total. The molecule has 1 heterocycles. The highest BCUT2D eigenvalue weighted by Gasteiger charge is 2.14. The molecule has 0 bridgehead atoms. The number of hydrogen-bond acceptors (Lipinski definition) is 5. The van der Waals surface area contributed by atoms with E-state index in [0.29, 0.717) is 0 Å². The lowest BCUT2D eigenvalue weighted by molar-refractivity contribution is -0.140. The maximum atomic E-state index is 11.5. The van der Waals surface area contributed by atoms with Gasteiger partial charge in [-0.25, -0.2) is 8.42 Å². The van der Waals surface area contributed by atoms with Gasteiger partial charge in [-0.2, -0.15) is 5.10 Å². The molecule has 0 saturated heterocycles. The fourth-order valence-electron chi connectivity index (χ4n) is 1.00. The Balaban J connectivity index is 2.55. The summed E-state index contributed by atoms with van der Waals surface area (Å²) in [5.74, 6) is -0.683. The molecule has 0 aliphatic rings. The molecule has 0 saturated carbocycles. The lowest BCUT2D eigenvalue weighted by atomic mass is 10.5. The van der Waals surface area contributed by atoms with Crippen molar-refractivity contribution in [1.82, 2.24) is 10.2 Å². The average Bonchev–Trinajstić information content (AvgIpc) is 2.59. The van der Waals surface area contributed by atoms with Crippen molar-refractivity contribution in [3.8, 4) is 0 Å². The molecule has 8 heteroatoms. The molecule has 1 aromatic heterocycles. The minimum Gasteiger partial charge on any atom is -0.469 e. The standard InChI is InChI=1S/C8H13N3O4S/c1-6-5-7(10-9-6)11-16(13,14)4-3-8(12)15-2/h5H,3-4H2,1-2H3,(H2,9,10,11). The van der Waals surface area contributed by atoms with E-state index in [9.17, 15) is 13.2 Å². The van der Waals surface area contributed by atoms with Gasteiger partial charge in [0.1, 0.15) is 0 Å². The zero-order valence-electron chi connectivity index (χ0n) is 8.98. The molecule has 1 aromatic rings. The Morgan fingerprint density at radius 3 is 2.81 bits per heavy atom.